The Morgan fingerprint density at radius 1 is 0.862 bits per heavy atom. The Labute approximate surface area is 381 Å². The Morgan fingerprint density at radius 3 is 2.02 bits per heavy atom. The van der Waals surface area contributed by atoms with Gasteiger partial charge in [0.25, 0.3) is 5.91 Å². The van der Waals surface area contributed by atoms with E-state index in [4.69, 9.17) is 28.4 Å². The molecule has 65 heavy (non-hydrogen) atoms. The number of ketones is 1. The predicted molar refractivity (Wildman–Crippen MR) is 235 cm³/mol. The van der Waals surface area contributed by atoms with E-state index < -0.39 is 113 Å². The molecular weight excluding hydrogens is 859 g/mol. The van der Waals surface area contributed by atoms with E-state index in [-0.39, 0.29) is 41.2 Å². The third-order valence-electron chi connectivity index (χ3n) is 13.8. The lowest BCUT2D eigenvalue weighted by Crippen LogP contribution is -2.82. The molecule has 2 bridgehead atoms. The zero-order valence-corrected chi connectivity index (χ0v) is 38.1. The van der Waals surface area contributed by atoms with Gasteiger partial charge in [0.1, 0.15) is 23.9 Å². The van der Waals surface area contributed by atoms with Gasteiger partial charge in [-0.15, -0.1) is 11.8 Å². The van der Waals surface area contributed by atoms with Gasteiger partial charge in [-0.3, -0.25) is 19.2 Å². The summed E-state index contributed by atoms with van der Waals surface area (Å²) in [7, 11) is 0. The number of amides is 1. The van der Waals surface area contributed by atoms with E-state index in [0.29, 0.717) is 5.56 Å². The van der Waals surface area contributed by atoms with E-state index in [1.54, 1.807) is 113 Å². The van der Waals surface area contributed by atoms with Crippen LogP contribution in [0.5, 0.6) is 0 Å². The second-order valence-electron chi connectivity index (χ2n) is 17.9. The number of hydrogen-bond donors (Lipinski definition) is 3. The quantitative estimate of drug-likeness (QED) is 0.0884. The van der Waals surface area contributed by atoms with Gasteiger partial charge >= 0.3 is 23.9 Å². The second-order valence-corrected chi connectivity index (χ2v) is 18.7. The number of fused-ring (bicyclic) bond motifs is 5. The van der Waals surface area contributed by atoms with Crippen LogP contribution in [0.3, 0.4) is 0 Å². The minimum Gasteiger partial charge on any atom is -0.456 e. The molecule has 3 N–H and O–H groups in total. The number of benzene rings is 3. The first-order valence-electron chi connectivity index (χ1n) is 21.4. The third kappa shape index (κ3) is 8.39. The van der Waals surface area contributed by atoms with Crippen molar-refractivity contribution in [3.8, 4) is 0 Å². The number of aliphatic hydroxyl groups excluding tert-OH is 1. The highest BCUT2D eigenvalue weighted by Crippen LogP contribution is 2.65. The van der Waals surface area contributed by atoms with Gasteiger partial charge in [-0.05, 0) is 61.1 Å². The Kier molecular flexibility index (Phi) is 13.5. The fourth-order valence-electron chi connectivity index (χ4n) is 10.6. The van der Waals surface area contributed by atoms with Crippen LogP contribution in [0.4, 0.5) is 0 Å². The van der Waals surface area contributed by atoms with Crippen molar-refractivity contribution in [2.75, 3.05) is 18.8 Å². The summed E-state index contributed by atoms with van der Waals surface area (Å²) in [6, 6.07) is 23.2. The lowest BCUT2D eigenvalue weighted by Gasteiger charge is -2.67. The van der Waals surface area contributed by atoms with E-state index >= 15 is 4.79 Å². The number of carbonyl (C=O) groups is 6. The van der Waals surface area contributed by atoms with Crippen molar-refractivity contribution in [3.63, 3.8) is 0 Å². The summed E-state index contributed by atoms with van der Waals surface area (Å²) in [5.74, 6) is -6.28. The van der Waals surface area contributed by atoms with Crippen molar-refractivity contribution in [2.24, 2.45) is 16.7 Å². The van der Waals surface area contributed by atoms with Crippen molar-refractivity contribution >= 4 is 47.3 Å². The number of thioether (sulfide) groups is 1. The second kappa shape index (κ2) is 18.5. The topological polar surface area (TPSA) is 210 Å². The van der Waals surface area contributed by atoms with Crippen LogP contribution in [-0.4, -0.2) is 112 Å². The molecular formula is C49H55NO14S. The summed E-state index contributed by atoms with van der Waals surface area (Å²) >= 11 is 1.34. The lowest BCUT2D eigenvalue weighted by molar-refractivity contribution is -0.347. The van der Waals surface area contributed by atoms with Crippen molar-refractivity contribution in [1.29, 1.82) is 0 Å². The molecule has 3 aliphatic carbocycles. The zero-order valence-electron chi connectivity index (χ0n) is 37.3. The van der Waals surface area contributed by atoms with Crippen LogP contribution in [0.25, 0.3) is 0 Å². The highest BCUT2D eigenvalue weighted by atomic mass is 32.2. The van der Waals surface area contributed by atoms with E-state index in [1.165, 1.54) is 30.8 Å². The molecule has 346 valence electrons. The lowest BCUT2D eigenvalue weighted by atomic mass is 9.44. The summed E-state index contributed by atoms with van der Waals surface area (Å²) < 4.78 is 37.5. The molecule has 3 aromatic rings. The fourth-order valence-corrected chi connectivity index (χ4v) is 10.9. The molecule has 4 aliphatic rings. The predicted octanol–water partition coefficient (Wildman–Crippen LogP) is 5.08. The summed E-state index contributed by atoms with van der Waals surface area (Å²) in [6.07, 6.45) is -7.55. The molecule has 0 spiro atoms. The number of carbonyl (C=O) groups excluding carboxylic acids is 6. The van der Waals surface area contributed by atoms with Gasteiger partial charge in [0.15, 0.2) is 23.6 Å². The van der Waals surface area contributed by atoms with Gasteiger partial charge in [-0.25, -0.2) is 9.59 Å². The van der Waals surface area contributed by atoms with Crippen LogP contribution < -0.4 is 5.32 Å². The van der Waals surface area contributed by atoms with Gasteiger partial charge < -0.3 is 44.0 Å². The first-order valence-corrected chi connectivity index (χ1v) is 22.8. The number of rotatable bonds is 13. The summed E-state index contributed by atoms with van der Waals surface area (Å²) in [6.45, 7) is 8.45. The standard InChI is InChI=1S/C49H55NO14S/c1-27-33(62-45(57)38(53)37(30-17-11-8-12-18-30)50-43(55)31-19-13-9-14-20-31)24-49(58)42(63-44(56)32-21-15-10-16-22-32)40-47(6,41(54)39(61-28(2)51)36(27)46(49,4)5)34(60-26-65-7)23-35-48(40,25-59-35)64-29(3)52/h8-22,33-35,37-40,42,53,58H,23-26H2,1-7H3,(H,50,55)/t33-,34-,35+,37-,38-,39+,40-,42-,47+,48-,49+/m0/s1. The maximum Gasteiger partial charge on any atom is 0.338 e. The average molecular weight is 914 g/mol. The van der Waals surface area contributed by atoms with Crippen LogP contribution >= 0.6 is 11.8 Å². The molecule has 11 atom stereocenters. The molecule has 2 saturated carbocycles. The molecule has 0 aromatic heterocycles. The molecule has 7 rings (SSSR count). The molecule has 15 nitrogen and oxygen atoms in total. The van der Waals surface area contributed by atoms with Crippen LogP contribution in [-0.2, 0) is 47.6 Å². The third-order valence-corrected chi connectivity index (χ3v) is 14.2. The van der Waals surface area contributed by atoms with Gasteiger partial charge in [-0.2, -0.15) is 0 Å². The Balaban J connectivity index is 1.41. The molecule has 1 aliphatic heterocycles. The van der Waals surface area contributed by atoms with Crippen LogP contribution in [0.1, 0.15) is 86.7 Å². The molecule has 16 heteroatoms. The van der Waals surface area contributed by atoms with Crippen molar-refractivity contribution in [3.05, 3.63) is 119 Å². The van der Waals surface area contributed by atoms with Crippen LogP contribution in [0.15, 0.2) is 102 Å². The van der Waals surface area contributed by atoms with Gasteiger partial charge in [0, 0.05) is 37.7 Å². The highest BCUT2D eigenvalue weighted by molar-refractivity contribution is 7.98. The van der Waals surface area contributed by atoms with E-state index in [1.807, 2.05) is 0 Å². The van der Waals surface area contributed by atoms with E-state index in [2.05, 4.69) is 5.32 Å². The van der Waals surface area contributed by atoms with Crippen molar-refractivity contribution in [1.82, 2.24) is 5.32 Å². The van der Waals surface area contributed by atoms with Crippen molar-refractivity contribution in [2.45, 2.75) is 108 Å². The minimum atomic E-state index is -2.34. The van der Waals surface area contributed by atoms with Gasteiger partial charge in [0.05, 0.1) is 41.6 Å². The SMILES string of the molecule is CSCO[C@H]1C[C@H]2OC[C@@]2(OC(C)=O)[C@H]2[C@H](OC(=O)c3ccccc3)[C@]3(O)C[C@H](OC(=O)[C@@H](O)[C@@H](NC(=O)c4ccccc4)c4ccccc4)C(C)=C([C@@H](OC(C)=O)C(=O)[C@]12C)C3(C)C. The number of esters is 4. The minimum absolute atomic E-state index is 0.0418. The zero-order chi connectivity index (χ0) is 47.1. The van der Waals surface area contributed by atoms with Gasteiger partial charge in [-0.1, -0.05) is 80.6 Å². The molecule has 3 aromatic carbocycles. The normalized spacial score (nSPS) is 30.9. The summed E-state index contributed by atoms with van der Waals surface area (Å²) in [4.78, 5) is 84.7. The Bertz CT molecular complexity index is 2340. The first-order chi connectivity index (χ1) is 30.8. The number of ether oxygens (including phenoxy) is 6. The number of hydrogen-bond acceptors (Lipinski definition) is 15. The molecule has 1 saturated heterocycles. The monoisotopic (exact) mass is 913 g/mol. The maximum absolute atomic E-state index is 15.9. The van der Waals surface area contributed by atoms with Gasteiger partial charge in [0.2, 0.25) is 0 Å². The molecule has 0 radical (unpaired) electrons. The van der Waals surface area contributed by atoms with Crippen LogP contribution in [0, 0.1) is 16.7 Å². The molecule has 1 heterocycles. The largest absolute Gasteiger partial charge is 0.456 e. The van der Waals surface area contributed by atoms with E-state index in [0.717, 1.165) is 6.92 Å². The average Bonchev–Trinajstić information content (AvgIpc) is 3.27. The Morgan fingerprint density at radius 2 is 1.46 bits per heavy atom. The van der Waals surface area contributed by atoms with Crippen LogP contribution in [0.2, 0.25) is 0 Å². The first kappa shape index (κ1) is 47.6. The molecule has 3 fully saturated rings. The van der Waals surface area contributed by atoms with E-state index in [9.17, 15) is 34.2 Å². The fraction of sp³-hybridized carbons (Fsp3) is 0.469. The number of aliphatic hydroxyl groups is 2. The molecule has 0 unspecified atom stereocenters. The number of nitrogens with one attached hydrogen (secondary N) is 1. The highest BCUT2D eigenvalue weighted by Gasteiger charge is 2.78. The molecule has 1 amide bonds. The smallest absolute Gasteiger partial charge is 0.338 e. The summed E-state index contributed by atoms with van der Waals surface area (Å²) in [5.41, 5.74) is -6.48. The maximum atomic E-state index is 15.9. The summed E-state index contributed by atoms with van der Waals surface area (Å²) in [5, 5.41) is 28.5. The Hall–Kier alpha value is -5.39. The van der Waals surface area contributed by atoms with Crippen molar-refractivity contribution < 1.29 is 67.4 Å². The number of Topliss-reactive ketones (excluding diaryl/α,β-unsaturated/α-hetero) is 1.